The van der Waals surface area contributed by atoms with Gasteiger partial charge in [0.05, 0.1) is 5.56 Å². The monoisotopic (exact) mass is 592 g/mol. The summed E-state index contributed by atoms with van der Waals surface area (Å²) in [5, 5.41) is 0. The molecule has 0 saturated heterocycles. The van der Waals surface area contributed by atoms with Crippen molar-refractivity contribution in [2.45, 2.75) is 27.8 Å². The van der Waals surface area contributed by atoms with Crippen LogP contribution in [-0.2, 0) is 6.18 Å². The van der Waals surface area contributed by atoms with Crippen molar-refractivity contribution < 1.29 is 13.2 Å². The van der Waals surface area contributed by atoms with E-state index in [9.17, 15) is 13.2 Å². The molecule has 28 heavy (non-hydrogen) atoms. The SMILES string of the molecule is CCS1(c2c(Br)cc(Br)cc2Br)c2ccccc2-c2cc(C(F)(F)F)ccc21. The highest BCUT2D eigenvalue weighted by molar-refractivity contribution is 9.11. The fourth-order valence-corrected chi connectivity index (χ4v) is 11.9. The van der Waals surface area contributed by atoms with Gasteiger partial charge in [0.25, 0.3) is 0 Å². The first kappa shape index (κ1) is 20.5. The summed E-state index contributed by atoms with van der Waals surface area (Å²) in [6.45, 7) is 2.11. The lowest BCUT2D eigenvalue weighted by molar-refractivity contribution is -0.137. The van der Waals surface area contributed by atoms with Crippen LogP contribution in [0.5, 0.6) is 0 Å². The summed E-state index contributed by atoms with van der Waals surface area (Å²) in [7, 11) is -1.72. The van der Waals surface area contributed by atoms with Crippen molar-refractivity contribution in [1.82, 2.24) is 0 Å². The van der Waals surface area contributed by atoms with Crippen LogP contribution in [0.25, 0.3) is 11.1 Å². The van der Waals surface area contributed by atoms with Gasteiger partial charge in [-0.3, -0.25) is 0 Å². The van der Waals surface area contributed by atoms with E-state index in [0.717, 1.165) is 39.4 Å². The van der Waals surface area contributed by atoms with Crippen LogP contribution in [0.1, 0.15) is 12.5 Å². The van der Waals surface area contributed by atoms with Crippen LogP contribution in [-0.4, -0.2) is 5.75 Å². The summed E-state index contributed by atoms with van der Waals surface area (Å²) >= 11 is 10.9. The predicted molar refractivity (Wildman–Crippen MR) is 119 cm³/mol. The average Bonchev–Trinajstić information content (AvgIpc) is 2.91. The molecule has 7 heteroatoms. The van der Waals surface area contributed by atoms with E-state index in [1.807, 2.05) is 30.3 Å². The fourth-order valence-electron chi connectivity index (χ4n) is 3.87. The van der Waals surface area contributed by atoms with E-state index in [0.29, 0.717) is 5.56 Å². The zero-order valence-electron chi connectivity index (χ0n) is 14.6. The minimum absolute atomic E-state index is 0.610. The van der Waals surface area contributed by atoms with Gasteiger partial charge < -0.3 is 0 Å². The van der Waals surface area contributed by atoms with Gasteiger partial charge in [0, 0.05) is 28.1 Å². The van der Waals surface area contributed by atoms with E-state index in [4.69, 9.17) is 0 Å². The van der Waals surface area contributed by atoms with Crippen molar-refractivity contribution in [2.75, 3.05) is 5.75 Å². The Kier molecular flexibility index (Phi) is 5.26. The third kappa shape index (κ3) is 3.01. The van der Waals surface area contributed by atoms with Crippen molar-refractivity contribution in [3.8, 4) is 11.1 Å². The van der Waals surface area contributed by atoms with Crippen LogP contribution in [0, 0.1) is 0 Å². The molecule has 0 amide bonds. The van der Waals surface area contributed by atoms with E-state index in [-0.39, 0.29) is 0 Å². The first-order valence-electron chi connectivity index (χ1n) is 8.46. The van der Waals surface area contributed by atoms with E-state index >= 15 is 0 Å². The molecule has 0 radical (unpaired) electrons. The molecule has 0 saturated carbocycles. The molecule has 1 aliphatic heterocycles. The zero-order chi connectivity index (χ0) is 20.3. The Morgan fingerprint density at radius 2 is 1.43 bits per heavy atom. The zero-order valence-corrected chi connectivity index (χ0v) is 20.2. The van der Waals surface area contributed by atoms with Crippen LogP contribution in [0.4, 0.5) is 13.2 Å². The van der Waals surface area contributed by atoms with Crippen molar-refractivity contribution in [2.24, 2.45) is 0 Å². The average molecular weight is 595 g/mol. The lowest BCUT2D eigenvalue weighted by Crippen LogP contribution is -2.07. The number of hydrogen-bond acceptors (Lipinski definition) is 0. The highest BCUT2D eigenvalue weighted by Crippen LogP contribution is 2.77. The Balaban J connectivity index is 2.12. The molecule has 0 fully saturated rings. The molecule has 4 rings (SSSR count). The van der Waals surface area contributed by atoms with Crippen molar-refractivity contribution in [3.05, 3.63) is 73.6 Å². The van der Waals surface area contributed by atoms with Crippen LogP contribution in [0.3, 0.4) is 0 Å². The number of fused-ring (bicyclic) bond motifs is 3. The van der Waals surface area contributed by atoms with Gasteiger partial charge in [-0.25, -0.2) is 0 Å². The molecule has 146 valence electrons. The number of alkyl halides is 3. The second-order valence-electron chi connectivity index (χ2n) is 6.43. The van der Waals surface area contributed by atoms with Gasteiger partial charge in [-0.05, 0) is 85.1 Å². The number of benzene rings is 3. The molecule has 3 aromatic carbocycles. The van der Waals surface area contributed by atoms with Crippen LogP contribution < -0.4 is 0 Å². The molecule has 0 aliphatic carbocycles. The Bertz CT molecular complexity index is 1070. The van der Waals surface area contributed by atoms with Gasteiger partial charge in [-0.2, -0.15) is 23.2 Å². The Morgan fingerprint density at radius 1 is 0.821 bits per heavy atom. The Labute approximate surface area is 188 Å². The summed E-state index contributed by atoms with van der Waals surface area (Å²) in [4.78, 5) is 3.19. The lowest BCUT2D eigenvalue weighted by atomic mass is 10.0. The second-order valence-corrected chi connectivity index (χ2v) is 12.4. The first-order valence-corrected chi connectivity index (χ1v) is 12.6. The van der Waals surface area contributed by atoms with Gasteiger partial charge in [-0.15, -0.1) is 0 Å². The molecule has 1 heterocycles. The largest absolute Gasteiger partial charge is 0.416 e. The van der Waals surface area contributed by atoms with Crippen molar-refractivity contribution >= 4 is 57.8 Å². The third-order valence-corrected chi connectivity index (χ3v) is 11.4. The van der Waals surface area contributed by atoms with E-state index in [1.54, 1.807) is 6.07 Å². The third-order valence-electron chi connectivity index (χ3n) is 4.98. The Hall–Kier alpha value is -0.760. The van der Waals surface area contributed by atoms with Crippen LogP contribution in [0.2, 0.25) is 0 Å². The molecule has 1 aliphatic rings. The van der Waals surface area contributed by atoms with Crippen molar-refractivity contribution in [1.29, 1.82) is 0 Å². The smallest absolute Gasteiger partial charge is 0.166 e. The van der Waals surface area contributed by atoms with Gasteiger partial charge in [0.15, 0.2) is 0 Å². The molecule has 0 aromatic heterocycles. The second kappa shape index (κ2) is 7.18. The molecule has 1 unspecified atom stereocenters. The molecule has 0 spiro atoms. The predicted octanol–water partition coefficient (Wildman–Crippen LogP) is 9.27. The number of halogens is 6. The topological polar surface area (TPSA) is 0 Å². The number of hydrogen-bond donors (Lipinski definition) is 0. The maximum Gasteiger partial charge on any atom is 0.416 e. The van der Waals surface area contributed by atoms with Crippen LogP contribution in [0.15, 0.2) is 82.7 Å². The minimum Gasteiger partial charge on any atom is -0.166 e. The fraction of sp³-hybridized carbons (Fsp3) is 0.143. The highest BCUT2D eigenvalue weighted by Gasteiger charge is 2.42. The maximum atomic E-state index is 13.4. The molecular weight excluding hydrogens is 581 g/mol. The van der Waals surface area contributed by atoms with Gasteiger partial charge >= 0.3 is 6.18 Å². The molecular formula is C21H14Br3F3S. The Morgan fingerprint density at radius 3 is 2.04 bits per heavy atom. The molecule has 0 N–H and O–H groups in total. The van der Waals surface area contributed by atoms with Gasteiger partial charge in [0.1, 0.15) is 0 Å². The number of rotatable bonds is 2. The standard InChI is InChI=1S/C21H14Br3F3S/c1-2-28(20-16(23)10-13(22)11-17(20)24)18-6-4-3-5-14(18)15-9-12(21(25,26)27)7-8-19(15)28/h3-11H,2H2,1H3. The molecule has 3 aromatic rings. The van der Waals surface area contributed by atoms with Gasteiger partial charge in [-0.1, -0.05) is 41.1 Å². The summed E-state index contributed by atoms with van der Waals surface area (Å²) in [5.74, 6) is 0.793. The molecule has 0 bridgehead atoms. The highest BCUT2D eigenvalue weighted by atomic mass is 79.9. The van der Waals surface area contributed by atoms with Gasteiger partial charge in [0.2, 0.25) is 0 Å². The van der Waals surface area contributed by atoms with E-state index in [1.165, 1.54) is 12.1 Å². The van der Waals surface area contributed by atoms with Crippen LogP contribution >= 0.6 is 57.8 Å². The quantitative estimate of drug-likeness (QED) is 0.277. The van der Waals surface area contributed by atoms with Crippen molar-refractivity contribution in [3.63, 3.8) is 0 Å². The first-order chi connectivity index (χ1) is 13.2. The summed E-state index contributed by atoms with van der Waals surface area (Å²) < 4.78 is 43.0. The summed E-state index contributed by atoms with van der Waals surface area (Å²) in [5.41, 5.74) is 0.965. The molecule has 0 nitrogen and oxygen atoms in total. The van der Waals surface area contributed by atoms with E-state index < -0.39 is 21.8 Å². The normalized spacial score (nSPS) is 20.4. The minimum atomic E-state index is -4.37. The van der Waals surface area contributed by atoms with E-state index in [2.05, 4.69) is 60.8 Å². The maximum absolute atomic E-state index is 13.4. The molecule has 1 atom stereocenters. The summed E-state index contributed by atoms with van der Waals surface area (Å²) in [6.07, 6.45) is -4.37. The summed E-state index contributed by atoms with van der Waals surface area (Å²) in [6, 6.07) is 16.0. The lowest BCUT2D eigenvalue weighted by Gasteiger charge is -2.39.